The molecule has 1 heterocycles. The third kappa shape index (κ3) is 4.63. The smallest absolute Gasteiger partial charge is 0.271 e. The number of nitrogens with one attached hydrogen (secondary N) is 1. The van der Waals surface area contributed by atoms with Gasteiger partial charge in [-0.25, -0.2) is 0 Å². The van der Waals surface area contributed by atoms with Crippen molar-refractivity contribution in [2.24, 2.45) is 0 Å². The molecule has 0 saturated heterocycles. The topological polar surface area (TPSA) is 103 Å². The third-order valence-corrected chi connectivity index (χ3v) is 4.70. The van der Waals surface area contributed by atoms with E-state index in [2.05, 4.69) is 22.1 Å². The lowest BCUT2D eigenvalue weighted by molar-refractivity contribution is -0.384. The summed E-state index contributed by atoms with van der Waals surface area (Å²) < 4.78 is 1.88. The summed E-state index contributed by atoms with van der Waals surface area (Å²) in [5.41, 5.74) is 1.21. The summed E-state index contributed by atoms with van der Waals surface area (Å²) in [5, 5.41) is 22.5. The normalized spacial score (nSPS) is 10.4. The van der Waals surface area contributed by atoms with Crippen LogP contribution in [0.15, 0.2) is 72.4 Å². The lowest BCUT2D eigenvalue weighted by Gasteiger charge is -2.08. The second-order valence-electron chi connectivity index (χ2n) is 5.72. The van der Waals surface area contributed by atoms with Crippen molar-refractivity contribution in [3.63, 3.8) is 0 Å². The molecule has 0 unspecified atom stereocenters. The van der Waals surface area contributed by atoms with Crippen LogP contribution in [0, 0.1) is 10.1 Å². The molecule has 0 bridgehead atoms. The van der Waals surface area contributed by atoms with Gasteiger partial charge in [-0.1, -0.05) is 54.2 Å². The number of carbonyl (C=O) groups is 1. The molecular formula is C19H17N5O3S. The van der Waals surface area contributed by atoms with Gasteiger partial charge in [0.05, 0.1) is 10.7 Å². The van der Waals surface area contributed by atoms with Crippen LogP contribution in [-0.2, 0) is 11.3 Å². The fourth-order valence-corrected chi connectivity index (χ4v) is 3.26. The molecule has 0 radical (unpaired) electrons. The van der Waals surface area contributed by atoms with Gasteiger partial charge < -0.3 is 5.32 Å². The van der Waals surface area contributed by atoms with Crippen LogP contribution in [0.4, 0.5) is 11.4 Å². The van der Waals surface area contributed by atoms with E-state index in [0.29, 0.717) is 23.2 Å². The van der Waals surface area contributed by atoms with Crippen molar-refractivity contribution in [2.45, 2.75) is 11.7 Å². The number of hydrogen-bond donors (Lipinski definition) is 1. The first kappa shape index (κ1) is 19.3. The minimum Gasteiger partial charge on any atom is -0.325 e. The highest BCUT2D eigenvalue weighted by Gasteiger charge is 2.15. The molecule has 8 nitrogen and oxygen atoms in total. The van der Waals surface area contributed by atoms with Gasteiger partial charge in [-0.05, 0) is 6.07 Å². The number of nitro groups is 1. The Labute approximate surface area is 165 Å². The Morgan fingerprint density at radius 2 is 2.00 bits per heavy atom. The Balaban J connectivity index is 1.69. The number of rotatable bonds is 8. The predicted octanol–water partition coefficient (Wildman–Crippen LogP) is 3.77. The summed E-state index contributed by atoms with van der Waals surface area (Å²) in [4.78, 5) is 22.6. The van der Waals surface area contributed by atoms with E-state index in [-0.39, 0.29) is 17.3 Å². The molecular weight excluding hydrogens is 378 g/mol. The number of nitro benzene ring substituents is 1. The summed E-state index contributed by atoms with van der Waals surface area (Å²) in [7, 11) is 0. The molecule has 9 heteroatoms. The highest BCUT2D eigenvalue weighted by molar-refractivity contribution is 7.99. The maximum absolute atomic E-state index is 12.2. The van der Waals surface area contributed by atoms with Gasteiger partial charge in [-0.15, -0.1) is 16.8 Å². The highest BCUT2D eigenvalue weighted by Crippen LogP contribution is 2.24. The van der Waals surface area contributed by atoms with Crippen LogP contribution in [0.25, 0.3) is 11.4 Å². The molecule has 3 aromatic rings. The zero-order valence-electron chi connectivity index (χ0n) is 14.8. The van der Waals surface area contributed by atoms with Gasteiger partial charge in [-0.3, -0.25) is 19.5 Å². The van der Waals surface area contributed by atoms with Crippen molar-refractivity contribution < 1.29 is 9.72 Å². The van der Waals surface area contributed by atoms with Crippen molar-refractivity contribution >= 4 is 29.0 Å². The summed E-state index contributed by atoms with van der Waals surface area (Å²) in [6, 6.07) is 15.4. The summed E-state index contributed by atoms with van der Waals surface area (Å²) in [6.45, 7) is 4.27. The van der Waals surface area contributed by atoms with Crippen molar-refractivity contribution in [1.82, 2.24) is 14.8 Å². The second-order valence-corrected chi connectivity index (χ2v) is 6.66. The van der Waals surface area contributed by atoms with Crippen LogP contribution >= 0.6 is 11.8 Å². The van der Waals surface area contributed by atoms with Gasteiger partial charge in [0.1, 0.15) is 0 Å². The second kappa shape index (κ2) is 8.96. The molecule has 0 aliphatic carbocycles. The average Bonchev–Trinajstić information content (AvgIpc) is 3.10. The number of benzene rings is 2. The van der Waals surface area contributed by atoms with Crippen LogP contribution in [0.3, 0.4) is 0 Å². The van der Waals surface area contributed by atoms with E-state index in [0.717, 1.165) is 5.56 Å². The standard InChI is InChI=1S/C19H17N5O3S/c1-2-11-23-18(14-7-4-3-5-8-14)21-22-19(23)28-13-17(25)20-15-9-6-10-16(12-15)24(26)27/h2-10,12H,1,11,13H2,(H,20,25). The number of carbonyl (C=O) groups excluding carboxylic acids is 1. The van der Waals surface area contributed by atoms with E-state index >= 15 is 0 Å². The number of non-ortho nitro benzene ring substituents is 1. The Morgan fingerprint density at radius 3 is 2.71 bits per heavy atom. The zero-order valence-corrected chi connectivity index (χ0v) is 15.6. The van der Waals surface area contributed by atoms with Crippen LogP contribution in [0.1, 0.15) is 0 Å². The highest BCUT2D eigenvalue weighted by atomic mass is 32.2. The molecule has 2 aromatic carbocycles. The summed E-state index contributed by atoms with van der Waals surface area (Å²) >= 11 is 1.24. The number of allylic oxidation sites excluding steroid dienone is 1. The first-order valence-electron chi connectivity index (χ1n) is 8.35. The molecule has 0 saturated carbocycles. The molecule has 1 N–H and O–H groups in total. The van der Waals surface area contributed by atoms with Crippen molar-refractivity contribution in [3.8, 4) is 11.4 Å². The molecule has 1 amide bonds. The molecule has 3 rings (SSSR count). The van der Waals surface area contributed by atoms with Gasteiger partial charge in [0.15, 0.2) is 11.0 Å². The molecule has 0 aliphatic rings. The van der Waals surface area contributed by atoms with Crippen LogP contribution < -0.4 is 5.32 Å². The summed E-state index contributed by atoms with van der Waals surface area (Å²) in [6.07, 6.45) is 1.74. The fourth-order valence-electron chi connectivity index (χ4n) is 2.51. The maximum atomic E-state index is 12.2. The monoisotopic (exact) mass is 395 g/mol. The van der Waals surface area contributed by atoms with Crippen LogP contribution in [0.2, 0.25) is 0 Å². The van der Waals surface area contributed by atoms with E-state index < -0.39 is 4.92 Å². The van der Waals surface area contributed by atoms with E-state index in [1.54, 1.807) is 12.1 Å². The number of aromatic nitrogens is 3. The minimum absolute atomic E-state index is 0.0799. The molecule has 0 fully saturated rings. The third-order valence-electron chi connectivity index (χ3n) is 3.73. The van der Waals surface area contributed by atoms with Crippen molar-refractivity contribution in [3.05, 3.63) is 77.4 Å². The van der Waals surface area contributed by atoms with Gasteiger partial charge in [-0.2, -0.15) is 0 Å². The Bertz CT molecular complexity index is 1000. The van der Waals surface area contributed by atoms with Crippen molar-refractivity contribution in [2.75, 3.05) is 11.1 Å². The Kier molecular flexibility index (Phi) is 6.18. The Morgan fingerprint density at radius 1 is 1.21 bits per heavy atom. The van der Waals surface area contributed by atoms with Gasteiger partial charge >= 0.3 is 0 Å². The minimum atomic E-state index is -0.507. The largest absolute Gasteiger partial charge is 0.325 e. The Hall–Kier alpha value is -3.46. The number of hydrogen-bond acceptors (Lipinski definition) is 6. The zero-order chi connectivity index (χ0) is 19.9. The lowest BCUT2D eigenvalue weighted by atomic mass is 10.2. The molecule has 0 atom stereocenters. The SMILES string of the molecule is C=CCn1c(SCC(=O)Nc2cccc([N+](=O)[O-])c2)nnc1-c1ccccc1. The van der Waals surface area contributed by atoms with E-state index in [9.17, 15) is 14.9 Å². The molecule has 1 aromatic heterocycles. The van der Waals surface area contributed by atoms with E-state index in [1.165, 1.54) is 30.0 Å². The van der Waals surface area contributed by atoms with Crippen LogP contribution in [-0.4, -0.2) is 31.3 Å². The first-order valence-corrected chi connectivity index (χ1v) is 9.33. The molecule has 28 heavy (non-hydrogen) atoms. The average molecular weight is 395 g/mol. The van der Waals surface area contributed by atoms with E-state index in [4.69, 9.17) is 0 Å². The lowest BCUT2D eigenvalue weighted by Crippen LogP contribution is -2.14. The van der Waals surface area contributed by atoms with Gasteiger partial charge in [0.2, 0.25) is 5.91 Å². The fraction of sp³-hybridized carbons (Fsp3) is 0.105. The van der Waals surface area contributed by atoms with Crippen LogP contribution in [0.5, 0.6) is 0 Å². The molecule has 0 aliphatic heterocycles. The quantitative estimate of drug-likeness (QED) is 0.269. The number of anilines is 1. The molecule has 0 spiro atoms. The number of nitrogens with zero attached hydrogens (tertiary/aromatic N) is 4. The summed E-state index contributed by atoms with van der Waals surface area (Å²) in [5.74, 6) is 0.495. The number of amides is 1. The predicted molar refractivity (Wildman–Crippen MR) is 108 cm³/mol. The van der Waals surface area contributed by atoms with Gasteiger partial charge in [0.25, 0.3) is 5.69 Å². The van der Waals surface area contributed by atoms with Gasteiger partial charge in [0, 0.05) is 29.9 Å². The number of thioether (sulfide) groups is 1. The van der Waals surface area contributed by atoms with Crippen molar-refractivity contribution in [1.29, 1.82) is 0 Å². The maximum Gasteiger partial charge on any atom is 0.271 e. The van der Waals surface area contributed by atoms with E-state index in [1.807, 2.05) is 34.9 Å². The molecule has 142 valence electrons. The first-order chi connectivity index (χ1) is 13.6.